The molecule has 3 rings (SSSR count). The molecule has 1 saturated heterocycles. The third-order valence-corrected chi connectivity index (χ3v) is 4.49. The van der Waals surface area contributed by atoms with Crippen molar-refractivity contribution < 1.29 is 4.74 Å². The molecule has 0 atom stereocenters. The number of aliphatic imine (C=N–C) groups is 1. The molecule has 5 nitrogen and oxygen atoms in total. The van der Waals surface area contributed by atoms with Crippen LogP contribution >= 0.6 is 35.3 Å². The van der Waals surface area contributed by atoms with E-state index >= 15 is 0 Å². The van der Waals surface area contributed by atoms with Crippen molar-refractivity contribution in [1.29, 1.82) is 0 Å². The topological polar surface area (TPSA) is 63.7 Å². The lowest BCUT2D eigenvalue weighted by atomic mass is 10.2. The molecule has 1 aliphatic rings. The third kappa shape index (κ3) is 5.15. The van der Waals surface area contributed by atoms with E-state index in [0.29, 0.717) is 12.5 Å². The van der Waals surface area contributed by atoms with Gasteiger partial charge in [0.15, 0.2) is 5.96 Å². The van der Waals surface area contributed by atoms with Gasteiger partial charge in [-0.05, 0) is 0 Å². The fourth-order valence-electron chi connectivity index (χ4n) is 2.31. The molecule has 2 aromatic rings. The van der Waals surface area contributed by atoms with Crippen LogP contribution in [0.25, 0.3) is 10.6 Å². The van der Waals surface area contributed by atoms with Crippen LogP contribution in [0.4, 0.5) is 0 Å². The standard InChI is InChI=1S/C16H20N4OS.HI/c17-16(20-8-10-21-11-9-20)18-7-6-14-12-22-15(19-14)13-4-2-1-3-5-13;/h1-5,12H,6-11H2,(H2,17,18);1H. The normalized spacial score (nSPS) is 15.3. The van der Waals surface area contributed by atoms with Gasteiger partial charge in [0, 0.05) is 37.0 Å². The fraction of sp³-hybridized carbons (Fsp3) is 0.375. The van der Waals surface area contributed by atoms with Crippen LogP contribution in [0.2, 0.25) is 0 Å². The van der Waals surface area contributed by atoms with Gasteiger partial charge >= 0.3 is 0 Å². The van der Waals surface area contributed by atoms with Crippen molar-refractivity contribution in [3.8, 4) is 10.6 Å². The van der Waals surface area contributed by atoms with Gasteiger partial charge in [0.1, 0.15) is 5.01 Å². The van der Waals surface area contributed by atoms with Crippen LogP contribution in [-0.4, -0.2) is 48.7 Å². The first-order chi connectivity index (χ1) is 10.8. The summed E-state index contributed by atoms with van der Waals surface area (Å²) in [6.45, 7) is 3.76. The number of nitrogens with two attached hydrogens (primary N) is 1. The predicted molar refractivity (Wildman–Crippen MR) is 106 cm³/mol. The van der Waals surface area contributed by atoms with Gasteiger partial charge in [0.2, 0.25) is 0 Å². The lowest BCUT2D eigenvalue weighted by Gasteiger charge is -2.27. The van der Waals surface area contributed by atoms with Crippen molar-refractivity contribution in [1.82, 2.24) is 9.88 Å². The third-order valence-electron chi connectivity index (χ3n) is 3.55. The summed E-state index contributed by atoms with van der Waals surface area (Å²) in [7, 11) is 0. The second kappa shape index (κ2) is 9.19. The van der Waals surface area contributed by atoms with E-state index in [2.05, 4.69) is 32.4 Å². The number of rotatable bonds is 4. The smallest absolute Gasteiger partial charge is 0.191 e. The summed E-state index contributed by atoms with van der Waals surface area (Å²) in [5, 5.41) is 3.16. The molecule has 0 spiro atoms. The Morgan fingerprint density at radius 2 is 2.00 bits per heavy atom. The highest BCUT2D eigenvalue weighted by Gasteiger charge is 2.12. The van der Waals surface area contributed by atoms with E-state index < -0.39 is 0 Å². The largest absolute Gasteiger partial charge is 0.378 e. The number of ether oxygens (including phenoxy) is 1. The first-order valence-electron chi connectivity index (χ1n) is 7.45. The zero-order valence-corrected chi connectivity index (χ0v) is 16.0. The molecule has 0 radical (unpaired) electrons. The van der Waals surface area contributed by atoms with Crippen molar-refractivity contribution >= 4 is 41.3 Å². The van der Waals surface area contributed by atoms with Gasteiger partial charge < -0.3 is 15.4 Å². The molecule has 1 aromatic heterocycles. The molecule has 2 heterocycles. The fourth-order valence-corrected chi connectivity index (χ4v) is 3.17. The molecule has 0 unspecified atom stereocenters. The molecule has 0 aliphatic carbocycles. The summed E-state index contributed by atoms with van der Waals surface area (Å²) >= 11 is 1.67. The molecule has 124 valence electrons. The van der Waals surface area contributed by atoms with Gasteiger partial charge in [0.25, 0.3) is 0 Å². The second-order valence-corrected chi connectivity index (χ2v) is 5.96. The number of morpholine rings is 1. The van der Waals surface area contributed by atoms with Crippen molar-refractivity contribution in [2.24, 2.45) is 10.7 Å². The van der Waals surface area contributed by atoms with E-state index in [1.165, 1.54) is 0 Å². The van der Waals surface area contributed by atoms with Crippen LogP contribution in [0, 0.1) is 0 Å². The van der Waals surface area contributed by atoms with Gasteiger partial charge in [-0.2, -0.15) is 0 Å². The van der Waals surface area contributed by atoms with Gasteiger partial charge in [-0.3, -0.25) is 4.99 Å². The Kier molecular flexibility index (Phi) is 7.25. The molecule has 1 aliphatic heterocycles. The second-order valence-electron chi connectivity index (χ2n) is 5.10. The molecular weight excluding hydrogens is 423 g/mol. The summed E-state index contributed by atoms with van der Waals surface area (Å²) in [6.07, 6.45) is 0.814. The van der Waals surface area contributed by atoms with Gasteiger partial charge in [-0.1, -0.05) is 30.3 Å². The number of nitrogens with zero attached hydrogens (tertiary/aromatic N) is 3. The number of guanidine groups is 1. The monoisotopic (exact) mass is 444 g/mol. The Hall–Kier alpha value is -1.19. The predicted octanol–water partition coefficient (Wildman–Crippen LogP) is 2.62. The highest BCUT2D eigenvalue weighted by atomic mass is 127. The van der Waals surface area contributed by atoms with E-state index in [1.807, 2.05) is 18.2 Å². The van der Waals surface area contributed by atoms with E-state index in [1.54, 1.807) is 11.3 Å². The summed E-state index contributed by atoms with van der Waals surface area (Å²) < 4.78 is 5.31. The molecule has 2 N–H and O–H groups in total. The van der Waals surface area contributed by atoms with E-state index in [0.717, 1.165) is 49.0 Å². The zero-order chi connectivity index (χ0) is 15.2. The summed E-state index contributed by atoms with van der Waals surface area (Å²) in [4.78, 5) is 11.2. The molecule has 0 bridgehead atoms. The van der Waals surface area contributed by atoms with Gasteiger partial charge in [-0.15, -0.1) is 35.3 Å². The summed E-state index contributed by atoms with van der Waals surface area (Å²) in [5.41, 5.74) is 8.25. The lowest BCUT2D eigenvalue weighted by molar-refractivity contribution is 0.0674. The Morgan fingerprint density at radius 1 is 1.26 bits per heavy atom. The van der Waals surface area contributed by atoms with Crippen molar-refractivity contribution in [2.75, 3.05) is 32.8 Å². The van der Waals surface area contributed by atoms with E-state index in [9.17, 15) is 0 Å². The Labute approximate surface area is 157 Å². The maximum Gasteiger partial charge on any atom is 0.191 e. The summed E-state index contributed by atoms with van der Waals surface area (Å²) in [5.74, 6) is 0.613. The minimum atomic E-state index is 0. The highest BCUT2D eigenvalue weighted by Crippen LogP contribution is 2.23. The van der Waals surface area contributed by atoms with Crippen molar-refractivity contribution in [2.45, 2.75) is 6.42 Å². The first-order valence-corrected chi connectivity index (χ1v) is 8.33. The molecule has 0 amide bonds. The minimum Gasteiger partial charge on any atom is -0.378 e. The van der Waals surface area contributed by atoms with Crippen LogP contribution in [0.5, 0.6) is 0 Å². The maximum absolute atomic E-state index is 6.01. The maximum atomic E-state index is 6.01. The summed E-state index contributed by atoms with van der Waals surface area (Å²) in [6, 6.07) is 10.2. The van der Waals surface area contributed by atoms with Crippen molar-refractivity contribution in [3.05, 3.63) is 41.4 Å². The number of thiazole rings is 1. The number of hydrogen-bond acceptors (Lipinski definition) is 4. The number of halogens is 1. The Morgan fingerprint density at radius 3 is 2.74 bits per heavy atom. The van der Waals surface area contributed by atoms with Crippen LogP contribution in [0.1, 0.15) is 5.69 Å². The van der Waals surface area contributed by atoms with Crippen LogP contribution < -0.4 is 5.73 Å². The quantitative estimate of drug-likeness (QED) is 0.448. The Balaban J connectivity index is 0.00000192. The van der Waals surface area contributed by atoms with E-state index in [4.69, 9.17) is 10.5 Å². The van der Waals surface area contributed by atoms with Crippen LogP contribution in [-0.2, 0) is 11.2 Å². The highest BCUT2D eigenvalue weighted by molar-refractivity contribution is 14.0. The number of aromatic nitrogens is 1. The molecule has 7 heteroatoms. The van der Waals surface area contributed by atoms with Gasteiger partial charge in [-0.25, -0.2) is 4.98 Å². The average molecular weight is 444 g/mol. The average Bonchev–Trinajstić information content (AvgIpc) is 3.05. The molecule has 23 heavy (non-hydrogen) atoms. The molecule has 1 fully saturated rings. The molecule has 0 saturated carbocycles. The Bertz CT molecular complexity index is 626. The number of benzene rings is 1. The minimum absolute atomic E-state index is 0. The van der Waals surface area contributed by atoms with Gasteiger partial charge in [0.05, 0.1) is 18.9 Å². The molecular formula is C16H21IN4OS. The zero-order valence-electron chi connectivity index (χ0n) is 12.9. The SMILES string of the molecule is I.NC(=NCCc1csc(-c2ccccc2)n1)N1CCOCC1. The number of hydrogen-bond donors (Lipinski definition) is 1. The lowest BCUT2D eigenvalue weighted by Crippen LogP contribution is -2.44. The van der Waals surface area contributed by atoms with Crippen LogP contribution in [0.3, 0.4) is 0 Å². The first kappa shape index (κ1) is 18.2. The van der Waals surface area contributed by atoms with E-state index in [-0.39, 0.29) is 24.0 Å². The van der Waals surface area contributed by atoms with Crippen molar-refractivity contribution in [3.63, 3.8) is 0 Å². The molecule has 1 aromatic carbocycles. The van der Waals surface area contributed by atoms with Crippen LogP contribution in [0.15, 0.2) is 40.7 Å².